The van der Waals surface area contributed by atoms with E-state index in [-0.39, 0.29) is 0 Å². The lowest BCUT2D eigenvalue weighted by Crippen LogP contribution is -1.88. The first-order chi connectivity index (χ1) is 12.8. The fourth-order valence-electron chi connectivity index (χ4n) is 2.84. The molecule has 4 heteroatoms. The second kappa shape index (κ2) is 6.91. The first-order valence-corrected chi connectivity index (χ1v) is 8.95. The summed E-state index contributed by atoms with van der Waals surface area (Å²) in [5.41, 5.74) is 1.53. The van der Waals surface area contributed by atoms with Crippen LogP contribution in [0.15, 0.2) is 72.8 Å². The number of nitriles is 1. The van der Waals surface area contributed by atoms with Crippen molar-refractivity contribution >= 4 is 21.4 Å². The van der Waals surface area contributed by atoms with Gasteiger partial charge in [-0.15, -0.1) is 11.3 Å². The first kappa shape index (κ1) is 16.2. The molecule has 4 rings (SSSR count). The van der Waals surface area contributed by atoms with Crippen molar-refractivity contribution in [3.8, 4) is 33.8 Å². The summed E-state index contributed by atoms with van der Waals surface area (Å²) < 4.78 is 12.6. The maximum Gasteiger partial charge on any atom is 0.153 e. The van der Waals surface area contributed by atoms with Crippen LogP contribution in [0.4, 0.5) is 0 Å². The highest BCUT2D eigenvalue weighted by molar-refractivity contribution is 7.22. The van der Waals surface area contributed by atoms with E-state index in [1.54, 1.807) is 18.4 Å². The van der Waals surface area contributed by atoms with Crippen LogP contribution in [0.1, 0.15) is 5.56 Å². The van der Waals surface area contributed by atoms with Crippen LogP contribution in [-0.2, 0) is 0 Å². The number of benzene rings is 3. The zero-order chi connectivity index (χ0) is 17.9. The lowest BCUT2D eigenvalue weighted by atomic mass is 10.1. The maximum absolute atomic E-state index is 9.49. The number of rotatable bonds is 4. The van der Waals surface area contributed by atoms with Gasteiger partial charge < -0.3 is 9.47 Å². The van der Waals surface area contributed by atoms with Gasteiger partial charge in [0.25, 0.3) is 0 Å². The van der Waals surface area contributed by atoms with Crippen LogP contribution < -0.4 is 9.47 Å². The Morgan fingerprint density at radius 1 is 0.846 bits per heavy atom. The molecule has 1 heterocycles. The summed E-state index contributed by atoms with van der Waals surface area (Å²) in [7, 11) is 1.64. The van der Waals surface area contributed by atoms with Crippen LogP contribution in [-0.4, -0.2) is 7.11 Å². The highest BCUT2D eigenvalue weighted by atomic mass is 32.1. The molecule has 0 aliphatic heterocycles. The van der Waals surface area contributed by atoms with Crippen LogP contribution in [0.5, 0.6) is 17.2 Å². The van der Waals surface area contributed by atoms with Crippen molar-refractivity contribution in [3.05, 3.63) is 78.4 Å². The second-order valence-corrected chi connectivity index (χ2v) is 6.74. The third-order valence-corrected chi connectivity index (χ3v) is 5.31. The molecule has 0 amide bonds. The molecular formula is C22H15NO2S. The van der Waals surface area contributed by atoms with E-state index in [4.69, 9.17) is 9.47 Å². The molecule has 0 radical (unpaired) electrons. The molecule has 0 atom stereocenters. The molecule has 4 aromatic rings. The number of methoxy groups -OCH3 is 1. The van der Waals surface area contributed by atoms with Crippen molar-refractivity contribution in [2.24, 2.45) is 0 Å². The molecule has 0 N–H and O–H groups in total. The summed E-state index contributed by atoms with van der Waals surface area (Å²) in [6, 6.07) is 25.5. The highest BCUT2D eigenvalue weighted by Gasteiger charge is 2.18. The molecule has 3 aromatic carbocycles. The third kappa shape index (κ3) is 2.90. The van der Waals surface area contributed by atoms with E-state index < -0.39 is 0 Å². The summed E-state index contributed by atoms with van der Waals surface area (Å²) in [5, 5.41) is 10.5. The van der Waals surface area contributed by atoms with Crippen LogP contribution in [0.2, 0.25) is 0 Å². The molecule has 0 fully saturated rings. The molecule has 1 aromatic heterocycles. The van der Waals surface area contributed by atoms with Gasteiger partial charge in [-0.2, -0.15) is 5.26 Å². The van der Waals surface area contributed by atoms with E-state index in [0.29, 0.717) is 5.56 Å². The summed E-state index contributed by atoms with van der Waals surface area (Å²) >= 11 is 1.63. The molecule has 0 saturated carbocycles. The molecule has 0 aliphatic carbocycles. The number of hydrogen-bond donors (Lipinski definition) is 0. The quantitative estimate of drug-likeness (QED) is 0.434. The Morgan fingerprint density at radius 2 is 1.54 bits per heavy atom. The minimum Gasteiger partial charge on any atom is -0.497 e. The Hall–Kier alpha value is -3.29. The van der Waals surface area contributed by atoms with Crippen LogP contribution in [0.25, 0.3) is 20.5 Å². The van der Waals surface area contributed by atoms with Crippen molar-refractivity contribution in [1.82, 2.24) is 0 Å². The molecule has 0 saturated heterocycles. The van der Waals surface area contributed by atoms with Gasteiger partial charge in [-0.3, -0.25) is 0 Å². The van der Waals surface area contributed by atoms with Gasteiger partial charge in [0.2, 0.25) is 0 Å². The summed E-state index contributed by atoms with van der Waals surface area (Å²) in [4.78, 5) is 0.958. The molecule has 0 bridgehead atoms. The first-order valence-electron chi connectivity index (χ1n) is 8.13. The largest absolute Gasteiger partial charge is 0.497 e. The van der Waals surface area contributed by atoms with Crippen LogP contribution >= 0.6 is 11.3 Å². The monoisotopic (exact) mass is 357 g/mol. The van der Waals surface area contributed by atoms with Crippen molar-refractivity contribution in [2.75, 3.05) is 7.11 Å². The number of ether oxygens (including phenoxy) is 2. The lowest BCUT2D eigenvalue weighted by Gasteiger charge is -2.09. The maximum atomic E-state index is 9.49. The number of hydrogen-bond acceptors (Lipinski definition) is 4. The standard InChI is InChI=1S/C22H15NO2S/c1-24-16-10-12-17(13-11-16)25-21-19-8-4-5-9-20(19)26-22(21)18-7-3-2-6-15(18)14-23/h2-13H,1H3. The summed E-state index contributed by atoms with van der Waals surface area (Å²) in [6.45, 7) is 0. The van der Waals surface area contributed by atoms with Gasteiger partial charge in [-0.25, -0.2) is 0 Å². The van der Waals surface area contributed by atoms with Crippen molar-refractivity contribution in [1.29, 1.82) is 5.26 Å². The summed E-state index contributed by atoms with van der Waals surface area (Å²) in [6.07, 6.45) is 0. The molecule has 126 valence electrons. The van der Waals surface area contributed by atoms with E-state index in [9.17, 15) is 5.26 Å². The number of nitrogens with zero attached hydrogens (tertiary/aromatic N) is 1. The molecular weight excluding hydrogens is 342 g/mol. The fraction of sp³-hybridized carbons (Fsp3) is 0.0455. The Balaban J connectivity index is 1.88. The van der Waals surface area contributed by atoms with E-state index in [0.717, 1.165) is 37.8 Å². The molecule has 0 unspecified atom stereocenters. The molecule has 0 spiro atoms. The van der Waals surface area contributed by atoms with E-state index in [1.165, 1.54) is 0 Å². The second-order valence-electron chi connectivity index (χ2n) is 5.69. The van der Waals surface area contributed by atoms with Gasteiger partial charge in [-0.1, -0.05) is 30.3 Å². The Kier molecular flexibility index (Phi) is 4.30. The van der Waals surface area contributed by atoms with Gasteiger partial charge >= 0.3 is 0 Å². The number of fused-ring (bicyclic) bond motifs is 1. The molecule has 26 heavy (non-hydrogen) atoms. The van der Waals surface area contributed by atoms with E-state index in [1.807, 2.05) is 66.7 Å². The van der Waals surface area contributed by atoms with E-state index >= 15 is 0 Å². The van der Waals surface area contributed by atoms with Gasteiger partial charge in [0.1, 0.15) is 11.5 Å². The van der Waals surface area contributed by atoms with Crippen LogP contribution in [0, 0.1) is 11.3 Å². The number of thiophene rings is 1. The zero-order valence-corrected chi connectivity index (χ0v) is 14.9. The van der Waals surface area contributed by atoms with Crippen LogP contribution in [0.3, 0.4) is 0 Å². The minimum absolute atomic E-state index is 0.638. The van der Waals surface area contributed by atoms with Crippen molar-refractivity contribution in [2.45, 2.75) is 0 Å². The predicted octanol–water partition coefficient (Wildman–Crippen LogP) is 6.24. The van der Waals surface area contributed by atoms with Gasteiger partial charge in [0, 0.05) is 15.6 Å². The molecule has 3 nitrogen and oxygen atoms in total. The third-order valence-electron chi connectivity index (χ3n) is 4.12. The Morgan fingerprint density at radius 3 is 2.31 bits per heavy atom. The SMILES string of the molecule is COc1ccc(Oc2c(-c3ccccc3C#N)sc3ccccc23)cc1. The topological polar surface area (TPSA) is 42.2 Å². The van der Waals surface area contributed by atoms with E-state index in [2.05, 4.69) is 12.1 Å². The van der Waals surface area contributed by atoms with Crippen molar-refractivity contribution in [3.63, 3.8) is 0 Å². The smallest absolute Gasteiger partial charge is 0.153 e. The van der Waals surface area contributed by atoms with Gasteiger partial charge in [-0.05, 0) is 42.5 Å². The van der Waals surface area contributed by atoms with Gasteiger partial charge in [0.05, 0.1) is 23.6 Å². The predicted molar refractivity (Wildman–Crippen MR) is 105 cm³/mol. The Bertz CT molecular complexity index is 1110. The average molecular weight is 357 g/mol. The lowest BCUT2D eigenvalue weighted by molar-refractivity contribution is 0.413. The normalized spacial score (nSPS) is 10.5. The van der Waals surface area contributed by atoms with Crippen molar-refractivity contribution < 1.29 is 9.47 Å². The fourth-order valence-corrected chi connectivity index (χ4v) is 4.01. The zero-order valence-electron chi connectivity index (χ0n) is 14.1. The minimum atomic E-state index is 0.638. The highest BCUT2D eigenvalue weighted by Crippen LogP contribution is 2.47. The summed E-state index contributed by atoms with van der Waals surface area (Å²) in [5.74, 6) is 2.28. The average Bonchev–Trinajstić information content (AvgIpc) is 3.07. The Labute approximate surface area is 155 Å². The molecule has 0 aliphatic rings. The van der Waals surface area contributed by atoms with Gasteiger partial charge in [0.15, 0.2) is 5.75 Å².